The highest BCUT2D eigenvalue weighted by atomic mass is 19.1. The van der Waals surface area contributed by atoms with Gasteiger partial charge in [-0.15, -0.1) is 0 Å². The first-order valence-electron chi connectivity index (χ1n) is 22.0. The van der Waals surface area contributed by atoms with Gasteiger partial charge in [0, 0.05) is 33.3 Å². The third kappa shape index (κ3) is 5.57. The fourth-order valence-electron chi connectivity index (χ4n) is 10.8. The van der Waals surface area contributed by atoms with Gasteiger partial charge in [0.2, 0.25) is 0 Å². The molecule has 1 spiro atoms. The standard InChI is InChI=1S/C61H37F2NO/c62-42-25-30-48-49-31-26-43(63)36-56(49)61(55(48)35-42)54-33-24-41(47-18-11-19-52-51-17-8-10-21-59(51)65-60(47)52)34-53(54)50-32-29-45(37-57(50)61)64(44-27-22-39(23-28-44)38-12-3-1-4-13-38)58-20-9-7-16-46(58)40-14-5-2-6-15-40/h1-37H. The van der Waals surface area contributed by atoms with Gasteiger partial charge >= 0.3 is 0 Å². The van der Waals surface area contributed by atoms with Crippen molar-refractivity contribution in [3.63, 3.8) is 0 Å². The van der Waals surface area contributed by atoms with Crippen molar-refractivity contribution in [2.75, 3.05) is 4.90 Å². The van der Waals surface area contributed by atoms with Crippen LogP contribution in [0.4, 0.5) is 25.8 Å². The van der Waals surface area contributed by atoms with E-state index in [1.807, 2.05) is 42.5 Å². The Hall–Kier alpha value is -8.34. The number of nitrogens with zero attached hydrogens (tertiary/aromatic N) is 1. The molecule has 0 aliphatic heterocycles. The minimum Gasteiger partial charge on any atom is -0.455 e. The minimum absolute atomic E-state index is 0.340. The summed E-state index contributed by atoms with van der Waals surface area (Å²) in [6, 6.07) is 75.7. The first-order chi connectivity index (χ1) is 32.0. The number of fused-ring (bicyclic) bond motifs is 13. The van der Waals surface area contributed by atoms with E-state index >= 15 is 8.78 Å². The number of furan rings is 1. The Balaban J connectivity index is 1.08. The molecule has 4 heteroatoms. The van der Waals surface area contributed by atoms with Crippen LogP contribution in [-0.2, 0) is 5.41 Å². The molecular formula is C61H37F2NO. The molecule has 10 aromatic carbocycles. The van der Waals surface area contributed by atoms with Crippen molar-refractivity contribution in [3.05, 3.63) is 258 Å². The molecule has 0 bridgehead atoms. The van der Waals surface area contributed by atoms with E-state index in [9.17, 15) is 0 Å². The number of benzene rings is 10. The zero-order valence-electron chi connectivity index (χ0n) is 35.0. The molecule has 0 radical (unpaired) electrons. The van der Waals surface area contributed by atoms with Gasteiger partial charge in [-0.2, -0.15) is 0 Å². The Morgan fingerprint density at radius 3 is 1.65 bits per heavy atom. The molecule has 2 aliphatic carbocycles. The first-order valence-corrected chi connectivity index (χ1v) is 22.0. The van der Waals surface area contributed by atoms with E-state index in [1.54, 1.807) is 12.1 Å². The zero-order valence-corrected chi connectivity index (χ0v) is 35.0. The second-order valence-electron chi connectivity index (χ2n) is 17.0. The van der Waals surface area contributed by atoms with Crippen LogP contribution >= 0.6 is 0 Å². The summed E-state index contributed by atoms with van der Waals surface area (Å²) in [5.41, 5.74) is 17.3. The molecule has 0 N–H and O–H groups in total. The van der Waals surface area contributed by atoms with Gasteiger partial charge in [-0.05, 0) is 133 Å². The third-order valence-electron chi connectivity index (χ3n) is 13.6. The van der Waals surface area contributed by atoms with E-state index in [0.717, 1.165) is 117 Å². The molecule has 65 heavy (non-hydrogen) atoms. The van der Waals surface area contributed by atoms with E-state index in [-0.39, 0.29) is 11.6 Å². The highest BCUT2D eigenvalue weighted by Gasteiger charge is 2.52. The molecule has 0 amide bonds. The van der Waals surface area contributed by atoms with Crippen molar-refractivity contribution in [1.29, 1.82) is 0 Å². The van der Waals surface area contributed by atoms with E-state index < -0.39 is 5.41 Å². The quantitative estimate of drug-likeness (QED) is 0.166. The Labute approximate surface area is 374 Å². The van der Waals surface area contributed by atoms with Gasteiger partial charge in [0.25, 0.3) is 0 Å². The molecule has 0 saturated heterocycles. The summed E-state index contributed by atoms with van der Waals surface area (Å²) < 4.78 is 38.3. The number of anilines is 3. The van der Waals surface area contributed by atoms with Crippen LogP contribution in [0, 0.1) is 11.6 Å². The number of halogens is 2. The summed E-state index contributed by atoms with van der Waals surface area (Å²) in [6.45, 7) is 0. The summed E-state index contributed by atoms with van der Waals surface area (Å²) in [4.78, 5) is 2.32. The van der Waals surface area contributed by atoms with Gasteiger partial charge in [-0.3, -0.25) is 0 Å². The van der Waals surface area contributed by atoms with Crippen LogP contribution < -0.4 is 4.90 Å². The van der Waals surface area contributed by atoms with Crippen molar-refractivity contribution in [1.82, 2.24) is 0 Å². The van der Waals surface area contributed by atoms with Crippen LogP contribution in [-0.4, -0.2) is 0 Å². The fraction of sp³-hybridized carbons (Fsp3) is 0.0164. The lowest BCUT2D eigenvalue weighted by molar-refractivity contribution is 0.618. The smallest absolute Gasteiger partial charge is 0.143 e. The summed E-state index contributed by atoms with van der Waals surface area (Å²) in [6.07, 6.45) is 0. The maximum atomic E-state index is 15.9. The molecule has 306 valence electrons. The van der Waals surface area contributed by atoms with Crippen LogP contribution in [0.25, 0.3) is 77.6 Å². The van der Waals surface area contributed by atoms with E-state index in [1.165, 1.54) is 12.1 Å². The molecule has 13 rings (SSSR count). The van der Waals surface area contributed by atoms with Crippen molar-refractivity contribution < 1.29 is 13.2 Å². The lowest BCUT2D eigenvalue weighted by Gasteiger charge is -2.33. The number of para-hydroxylation sites is 3. The molecule has 2 nitrogen and oxygen atoms in total. The van der Waals surface area contributed by atoms with Crippen molar-refractivity contribution in [3.8, 4) is 55.6 Å². The first kappa shape index (κ1) is 37.2. The second kappa shape index (κ2) is 14.3. The molecule has 0 unspecified atom stereocenters. The molecule has 0 atom stereocenters. The molecule has 0 fully saturated rings. The number of hydrogen-bond acceptors (Lipinski definition) is 2. The third-order valence-corrected chi connectivity index (χ3v) is 13.6. The average Bonchev–Trinajstić information content (AvgIpc) is 3.98. The lowest BCUT2D eigenvalue weighted by Crippen LogP contribution is -2.26. The highest BCUT2D eigenvalue weighted by Crippen LogP contribution is 2.64. The van der Waals surface area contributed by atoms with Gasteiger partial charge in [-0.25, -0.2) is 8.78 Å². The Morgan fingerprint density at radius 2 is 0.892 bits per heavy atom. The zero-order chi connectivity index (χ0) is 43.2. The van der Waals surface area contributed by atoms with Crippen LogP contribution in [0.3, 0.4) is 0 Å². The molecule has 1 aromatic heterocycles. The van der Waals surface area contributed by atoms with Crippen molar-refractivity contribution >= 4 is 39.0 Å². The Kier molecular flexibility index (Phi) is 8.22. The maximum Gasteiger partial charge on any atom is 0.143 e. The maximum absolute atomic E-state index is 15.9. The summed E-state index contributed by atoms with van der Waals surface area (Å²) in [5.74, 6) is -0.680. The van der Waals surface area contributed by atoms with E-state index in [2.05, 4.69) is 163 Å². The second-order valence-corrected chi connectivity index (χ2v) is 17.0. The molecule has 0 saturated carbocycles. The number of rotatable bonds is 6. The summed E-state index contributed by atoms with van der Waals surface area (Å²) >= 11 is 0. The SMILES string of the molecule is Fc1ccc2c(c1)C1(c3ccc(-c4cccc5c4oc4ccccc45)cc3-c3ccc(N(c4ccc(-c5ccccc5)cc4)c4ccccc4-c4ccccc4)cc31)c1cc(F)ccc1-2. The van der Waals surface area contributed by atoms with Crippen molar-refractivity contribution in [2.24, 2.45) is 0 Å². The van der Waals surface area contributed by atoms with Crippen LogP contribution in [0.5, 0.6) is 0 Å². The van der Waals surface area contributed by atoms with E-state index in [4.69, 9.17) is 4.42 Å². The van der Waals surface area contributed by atoms with Crippen LogP contribution in [0.15, 0.2) is 229 Å². The molecule has 1 heterocycles. The van der Waals surface area contributed by atoms with Crippen molar-refractivity contribution in [2.45, 2.75) is 5.41 Å². The normalized spacial score (nSPS) is 12.9. The molecule has 2 aliphatic rings. The highest BCUT2D eigenvalue weighted by molar-refractivity contribution is 6.10. The average molecular weight is 838 g/mol. The van der Waals surface area contributed by atoms with Gasteiger partial charge in [-0.1, -0.05) is 158 Å². The van der Waals surface area contributed by atoms with Gasteiger partial charge in [0.1, 0.15) is 22.8 Å². The number of hydrogen-bond donors (Lipinski definition) is 0. The van der Waals surface area contributed by atoms with Crippen LogP contribution in [0.1, 0.15) is 22.3 Å². The van der Waals surface area contributed by atoms with E-state index in [0.29, 0.717) is 0 Å². The molecule has 11 aromatic rings. The van der Waals surface area contributed by atoms with Gasteiger partial charge < -0.3 is 9.32 Å². The van der Waals surface area contributed by atoms with Crippen LogP contribution in [0.2, 0.25) is 0 Å². The van der Waals surface area contributed by atoms with Gasteiger partial charge in [0.15, 0.2) is 0 Å². The topological polar surface area (TPSA) is 16.4 Å². The summed E-state index contributed by atoms with van der Waals surface area (Å²) in [7, 11) is 0. The monoisotopic (exact) mass is 837 g/mol. The van der Waals surface area contributed by atoms with Gasteiger partial charge in [0.05, 0.1) is 11.1 Å². The largest absolute Gasteiger partial charge is 0.455 e. The predicted octanol–water partition coefficient (Wildman–Crippen LogP) is 16.7. The Bertz CT molecular complexity index is 3630. The minimum atomic E-state index is -1.03. The lowest BCUT2D eigenvalue weighted by atomic mass is 9.70. The summed E-state index contributed by atoms with van der Waals surface area (Å²) in [5, 5.41) is 2.12. The molecular weight excluding hydrogens is 801 g/mol. The predicted molar refractivity (Wildman–Crippen MR) is 261 cm³/mol. The fourth-order valence-corrected chi connectivity index (χ4v) is 10.8. The Morgan fingerprint density at radius 1 is 0.338 bits per heavy atom.